The van der Waals surface area contributed by atoms with Crippen LogP contribution in [0.1, 0.15) is 18.5 Å². The van der Waals surface area contributed by atoms with Gasteiger partial charge in [0.15, 0.2) is 0 Å². The molecule has 0 aliphatic heterocycles. The van der Waals surface area contributed by atoms with Crippen LogP contribution in [0.15, 0.2) is 65.7 Å². The van der Waals surface area contributed by atoms with Crippen molar-refractivity contribution in [3.8, 4) is 11.3 Å². The lowest BCUT2D eigenvalue weighted by Gasteiger charge is -2.15. The third-order valence-electron chi connectivity index (χ3n) is 3.93. The second-order valence-electron chi connectivity index (χ2n) is 5.76. The van der Waals surface area contributed by atoms with Crippen LogP contribution in [0, 0.1) is 0 Å². The standard InChI is InChI=1S/C19H17ClN4O2/c1-13(19(26)22-12-14-2-4-16(20)5-3-14)24-18(25)7-6-17(23-24)15-8-10-21-11-9-15/h2-11,13H,12H2,1H3,(H,22,26). The van der Waals surface area contributed by atoms with Gasteiger partial charge in [-0.1, -0.05) is 23.7 Å². The van der Waals surface area contributed by atoms with E-state index < -0.39 is 6.04 Å². The largest absolute Gasteiger partial charge is 0.350 e. The number of nitrogens with one attached hydrogen (secondary N) is 1. The van der Waals surface area contributed by atoms with Crippen LogP contribution in [-0.2, 0) is 11.3 Å². The minimum absolute atomic E-state index is 0.290. The maximum absolute atomic E-state index is 12.4. The molecule has 1 aromatic carbocycles. The quantitative estimate of drug-likeness (QED) is 0.751. The Hall–Kier alpha value is -2.99. The first-order valence-corrected chi connectivity index (χ1v) is 8.45. The zero-order chi connectivity index (χ0) is 18.5. The molecule has 1 atom stereocenters. The Kier molecular flexibility index (Phi) is 5.43. The number of hydrogen-bond donors (Lipinski definition) is 1. The van der Waals surface area contributed by atoms with Gasteiger partial charge in [0, 0.05) is 35.6 Å². The number of rotatable bonds is 5. The van der Waals surface area contributed by atoms with Gasteiger partial charge in [0.25, 0.3) is 5.56 Å². The summed E-state index contributed by atoms with van der Waals surface area (Å²) in [7, 11) is 0. The number of aromatic nitrogens is 3. The molecule has 26 heavy (non-hydrogen) atoms. The maximum Gasteiger partial charge on any atom is 0.267 e. The molecule has 1 amide bonds. The average molecular weight is 369 g/mol. The van der Waals surface area contributed by atoms with Gasteiger partial charge in [-0.25, -0.2) is 4.68 Å². The van der Waals surface area contributed by atoms with Crippen LogP contribution in [0.25, 0.3) is 11.3 Å². The molecular formula is C19H17ClN4O2. The van der Waals surface area contributed by atoms with E-state index in [0.29, 0.717) is 17.3 Å². The number of benzene rings is 1. The van der Waals surface area contributed by atoms with Gasteiger partial charge in [-0.2, -0.15) is 5.10 Å². The number of pyridine rings is 1. The van der Waals surface area contributed by atoms with Gasteiger partial charge in [-0.3, -0.25) is 14.6 Å². The monoisotopic (exact) mass is 368 g/mol. The molecule has 0 spiro atoms. The molecule has 1 unspecified atom stereocenters. The summed E-state index contributed by atoms with van der Waals surface area (Å²) in [5, 5.41) is 7.78. The van der Waals surface area contributed by atoms with Gasteiger partial charge < -0.3 is 5.32 Å². The highest BCUT2D eigenvalue weighted by Crippen LogP contribution is 2.14. The molecule has 2 aromatic heterocycles. The molecule has 132 valence electrons. The van der Waals surface area contributed by atoms with Crippen molar-refractivity contribution >= 4 is 17.5 Å². The van der Waals surface area contributed by atoms with Crippen LogP contribution in [0.2, 0.25) is 5.02 Å². The summed E-state index contributed by atoms with van der Waals surface area (Å²) in [5.74, 6) is -0.290. The van der Waals surface area contributed by atoms with Gasteiger partial charge in [-0.05, 0) is 42.8 Å². The fourth-order valence-electron chi connectivity index (χ4n) is 2.43. The van der Waals surface area contributed by atoms with Crippen molar-refractivity contribution in [2.45, 2.75) is 19.5 Å². The predicted molar refractivity (Wildman–Crippen MR) is 99.7 cm³/mol. The number of halogens is 1. The molecule has 7 heteroatoms. The van der Waals surface area contributed by atoms with Crippen molar-refractivity contribution < 1.29 is 4.79 Å². The maximum atomic E-state index is 12.4. The van der Waals surface area contributed by atoms with E-state index in [1.165, 1.54) is 10.7 Å². The van der Waals surface area contributed by atoms with E-state index in [2.05, 4.69) is 15.4 Å². The summed E-state index contributed by atoms with van der Waals surface area (Å²) in [6.07, 6.45) is 3.30. The smallest absolute Gasteiger partial charge is 0.267 e. The summed E-state index contributed by atoms with van der Waals surface area (Å²) in [6.45, 7) is 1.99. The minimum atomic E-state index is -0.739. The summed E-state index contributed by atoms with van der Waals surface area (Å²) in [6, 6.07) is 13.1. The predicted octanol–water partition coefficient (Wildman–Crippen LogP) is 2.84. The summed E-state index contributed by atoms with van der Waals surface area (Å²) in [4.78, 5) is 28.6. The number of amides is 1. The Bertz CT molecular complexity index is 955. The van der Waals surface area contributed by atoms with E-state index in [1.807, 2.05) is 12.1 Å². The molecular weight excluding hydrogens is 352 g/mol. The first-order chi connectivity index (χ1) is 12.5. The topological polar surface area (TPSA) is 76.9 Å². The van der Waals surface area contributed by atoms with E-state index in [9.17, 15) is 9.59 Å². The number of carbonyl (C=O) groups is 1. The Morgan fingerprint density at radius 3 is 2.50 bits per heavy atom. The second kappa shape index (κ2) is 7.93. The van der Waals surface area contributed by atoms with Crippen LogP contribution in [0.5, 0.6) is 0 Å². The minimum Gasteiger partial charge on any atom is -0.350 e. The fraction of sp³-hybridized carbons (Fsp3) is 0.158. The molecule has 3 rings (SSSR count). The normalized spacial score (nSPS) is 11.8. The average Bonchev–Trinajstić information content (AvgIpc) is 2.68. The van der Waals surface area contributed by atoms with Crippen molar-refractivity contribution in [1.82, 2.24) is 20.1 Å². The van der Waals surface area contributed by atoms with E-state index in [1.54, 1.807) is 49.6 Å². The molecule has 3 aromatic rings. The van der Waals surface area contributed by atoms with Crippen molar-refractivity contribution in [3.63, 3.8) is 0 Å². The number of nitrogens with zero attached hydrogens (tertiary/aromatic N) is 3. The summed E-state index contributed by atoms with van der Waals surface area (Å²) >= 11 is 5.85. The van der Waals surface area contributed by atoms with E-state index in [4.69, 9.17) is 11.6 Å². The molecule has 0 aliphatic carbocycles. The molecule has 0 saturated heterocycles. The summed E-state index contributed by atoms with van der Waals surface area (Å²) < 4.78 is 1.19. The molecule has 0 aliphatic rings. The molecule has 2 heterocycles. The Labute approximate surface area is 155 Å². The molecule has 0 radical (unpaired) electrons. The highest BCUT2D eigenvalue weighted by Gasteiger charge is 2.17. The number of carbonyl (C=O) groups excluding carboxylic acids is 1. The molecule has 1 N–H and O–H groups in total. The summed E-state index contributed by atoms with van der Waals surface area (Å²) in [5.41, 5.74) is 2.00. The molecule has 0 bridgehead atoms. The Balaban J connectivity index is 1.76. The third-order valence-corrected chi connectivity index (χ3v) is 4.18. The first kappa shape index (κ1) is 17.8. The van der Waals surface area contributed by atoms with Crippen molar-refractivity contribution in [2.75, 3.05) is 0 Å². The highest BCUT2D eigenvalue weighted by molar-refractivity contribution is 6.30. The Morgan fingerprint density at radius 1 is 1.12 bits per heavy atom. The van der Waals surface area contributed by atoms with Gasteiger partial charge in [0.05, 0.1) is 5.69 Å². The lowest BCUT2D eigenvalue weighted by atomic mass is 10.2. The van der Waals surface area contributed by atoms with E-state index in [0.717, 1.165) is 11.1 Å². The lowest BCUT2D eigenvalue weighted by Crippen LogP contribution is -2.36. The highest BCUT2D eigenvalue weighted by atomic mass is 35.5. The second-order valence-corrected chi connectivity index (χ2v) is 6.19. The van der Waals surface area contributed by atoms with E-state index >= 15 is 0 Å². The van der Waals surface area contributed by atoms with E-state index in [-0.39, 0.29) is 11.5 Å². The van der Waals surface area contributed by atoms with Crippen molar-refractivity contribution in [1.29, 1.82) is 0 Å². The molecule has 6 nitrogen and oxygen atoms in total. The lowest BCUT2D eigenvalue weighted by molar-refractivity contribution is -0.124. The third kappa shape index (κ3) is 4.15. The van der Waals surface area contributed by atoms with Gasteiger partial charge in [0.2, 0.25) is 5.91 Å². The van der Waals surface area contributed by atoms with Crippen LogP contribution in [0.4, 0.5) is 0 Å². The van der Waals surface area contributed by atoms with Crippen LogP contribution < -0.4 is 10.9 Å². The zero-order valence-electron chi connectivity index (χ0n) is 14.1. The van der Waals surface area contributed by atoms with Crippen LogP contribution in [0.3, 0.4) is 0 Å². The SMILES string of the molecule is CC(C(=O)NCc1ccc(Cl)cc1)n1nc(-c2ccncc2)ccc1=O. The van der Waals surface area contributed by atoms with Crippen molar-refractivity contribution in [3.05, 3.63) is 81.9 Å². The number of hydrogen-bond acceptors (Lipinski definition) is 4. The van der Waals surface area contributed by atoms with Gasteiger partial charge in [0.1, 0.15) is 6.04 Å². The zero-order valence-corrected chi connectivity index (χ0v) is 14.8. The van der Waals surface area contributed by atoms with Crippen molar-refractivity contribution in [2.24, 2.45) is 0 Å². The van der Waals surface area contributed by atoms with Gasteiger partial charge >= 0.3 is 0 Å². The molecule has 0 fully saturated rings. The molecule has 0 saturated carbocycles. The van der Waals surface area contributed by atoms with Crippen LogP contribution in [-0.4, -0.2) is 20.7 Å². The Morgan fingerprint density at radius 2 is 1.81 bits per heavy atom. The first-order valence-electron chi connectivity index (χ1n) is 8.07. The fourth-order valence-corrected chi connectivity index (χ4v) is 2.56. The van der Waals surface area contributed by atoms with Crippen LogP contribution >= 0.6 is 11.6 Å². The van der Waals surface area contributed by atoms with Gasteiger partial charge in [-0.15, -0.1) is 0 Å².